The van der Waals surface area contributed by atoms with Gasteiger partial charge in [0.2, 0.25) is 0 Å². The van der Waals surface area contributed by atoms with Crippen LogP contribution in [0.2, 0.25) is 0 Å². The molecule has 1 aliphatic heterocycles. The summed E-state index contributed by atoms with van der Waals surface area (Å²) in [6, 6.07) is 0. The Bertz CT molecular complexity index is 459. The van der Waals surface area contributed by atoms with Crippen LogP contribution in [-0.4, -0.2) is 50.2 Å². The zero-order chi connectivity index (χ0) is 16.4. The van der Waals surface area contributed by atoms with Crippen LogP contribution in [0.3, 0.4) is 0 Å². The Morgan fingerprint density at radius 1 is 1.08 bits per heavy atom. The van der Waals surface area contributed by atoms with E-state index < -0.39 is 0 Å². The van der Waals surface area contributed by atoms with Crippen molar-refractivity contribution in [2.45, 2.75) is 38.5 Å². The molecule has 1 saturated heterocycles. The number of rotatable bonds is 5. The van der Waals surface area contributed by atoms with Crippen LogP contribution in [-0.2, 0) is 4.74 Å². The standard InChI is InChI=1S/C18H30N4OS/c24-18(19-2-1-3-22-4-6-23-7-5-22)21-20-17-15-9-13-8-14(11-15)12-16(17)10-13/h13-16H,1-12H2,(H2,19,21,24)/p+1. The maximum Gasteiger partial charge on any atom is 0.186 e. The van der Waals surface area contributed by atoms with E-state index in [2.05, 4.69) is 10.7 Å². The quantitative estimate of drug-likeness (QED) is 0.385. The van der Waals surface area contributed by atoms with E-state index in [0.717, 1.165) is 62.9 Å². The van der Waals surface area contributed by atoms with Crippen molar-refractivity contribution in [1.29, 1.82) is 0 Å². The van der Waals surface area contributed by atoms with Gasteiger partial charge in [0.05, 0.1) is 19.8 Å². The highest BCUT2D eigenvalue weighted by atomic mass is 32.1. The molecule has 134 valence electrons. The van der Waals surface area contributed by atoms with Crippen molar-refractivity contribution in [3.63, 3.8) is 0 Å². The predicted molar refractivity (Wildman–Crippen MR) is 99.2 cm³/mol. The SMILES string of the molecule is S=C(NCCC[NH+]1CCOCC1)NN=C1C2CC3CC(C2)CC1C3. The maximum absolute atomic E-state index is 5.40. The Balaban J connectivity index is 1.17. The molecule has 0 aromatic rings. The van der Waals surface area contributed by atoms with Crippen molar-refractivity contribution in [2.24, 2.45) is 28.8 Å². The Kier molecular flexibility index (Phi) is 5.34. The molecule has 0 amide bonds. The van der Waals surface area contributed by atoms with Gasteiger partial charge in [0, 0.05) is 18.7 Å². The number of thiocarbonyl (C=S) groups is 1. The molecule has 0 radical (unpaired) electrons. The lowest BCUT2D eigenvalue weighted by Crippen LogP contribution is -3.14. The third-order valence-electron chi connectivity index (χ3n) is 6.45. The van der Waals surface area contributed by atoms with Crippen molar-refractivity contribution < 1.29 is 9.64 Å². The van der Waals surface area contributed by atoms with Gasteiger partial charge in [0.15, 0.2) is 5.11 Å². The molecule has 4 saturated carbocycles. The number of hydrogen-bond donors (Lipinski definition) is 3. The molecule has 4 aliphatic carbocycles. The summed E-state index contributed by atoms with van der Waals surface area (Å²) in [5.74, 6) is 3.45. The van der Waals surface area contributed by atoms with Crippen LogP contribution in [0.1, 0.15) is 38.5 Å². The van der Waals surface area contributed by atoms with Gasteiger partial charge in [-0.15, -0.1) is 0 Å². The first-order chi connectivity index (χ1) is 11.8. The first kappa shape index (κ1) is 16.7. The van der Waals surface area contributed by atoms with E-state index in [1.54, 1.807) is 4.90 Å². The minimum absolute atomic E-state index is 0.688. The van der Waals surface area contributed by atoms with Crippen LogP contribution in [0.4, 0.5) is 0 Å². The third-order valence-corrected chi connectivity index (χ3v) is 6.69. The average molecular weight is 352 g/mol. The lowest BCUT2D eigenvalue weighted by molar-refractivity contribution is -0.908. The molecule has 6 heteroatoms. The fraction of sp³-hybridized carbons (Fsp3) is 0.889. The molecule has 5 fully saturated rings. The second-order valence-corrected chi connectivity index (χ2v) is 8.58. The number of nitrogens with zero attached hydrogens (tertiary/aromatic N) is 1. The first-order valence-electron chi connectivity index (χ1n) is 9.80. The second kappa shape index (κ2) is 7.67. The van der Waals surface area contributed by atoms with Gasteiger partial charge >= 0.3 is 0 Å². The van der Waals surface area contributed by atoms with E-state index in [-0.39, 0.29) is 0 Å². The lowest BCUT2D eigenvalue weighted by Gasteiger charge is -2.50. The number of hydrazone groups is 1. The van der Waals surface area contributed by atoms with Gasteiger partial charge < -0.3 is 15.0 Å². The Labute approximate surface area is 150 Å². The van der Waals surface area contributed by atoms with Crippen molar-refractivity contribution in [3.05, 3.63) is 0 Å². The van der Waals surface area contributed by atoms with Crippen LogP contribution in [0.25, 0.3) is 0 Å². The van der Waals surface area contributed by atoms with Gasteiger partial charge in [0.25, 0.3) is 0 Å². The lowest BCUT2D eigenvalue weighted by atomic mass is 9.55. The van der Waals surface area contributed by atoms with Crippen molar-refractivity contribution in [2.75, 3.05) is 39.4 Å². The zero-order valence-electron chi connectivity index (χ0n) is 14.6. The van der Waals surface area contributed by atoms with Crippen LogP contribution in [0.5, 0.6) is 0 Å². The topological polar surface area (TPSA) is 50.1 Å². The summed E-state index contributed by atoms with van der Waals surface area (Å²) in [6.07, 6.45) is 8.11. The predicted octanol–water partition coefficient (Wildman–Crippen LogP) is 0.568. The molecular weight excluding hydrogens is 320 g/mol. The molecule has 24 heavy (non-hydrogen) atoms. The van der Waals surface area contributed by atoms with Crippen LogP contribution in [0, 0.1) is 23.7 Å². The second-order valence-electron chi connectivity index (χ2n) is 8.17. The fourth-order valence-electron chi connectivity index (χ4n) is 5.45. The average Bonchev–Trinajstić information content (AvgIpc) is 2.58. The van der Waals surface area contributed by atoms with E-state index in [0.29, 0.717) is 5.11 Å². The van der Waals surface area contributed by atoms with E-state index >= 15 is 0 Å². The molecule has 0 atom stereocenters. The van der Waals surface area contributed by atoms with Crippen LogP contribution >= 0.6 is 12.2 Å². The molecule has 0 spiro atoms. The maximum atomic E-state index is 5.40. The molecule has 5 nitrogen and oxygen atoms in total. The molecule has 3 N–H and O–H groups in total. The number of morpholine rings is 1. The van der Waals surface area contributed by atoms with Crippen LogP contribution < -0.4 is 15.6 Å². The Hall–Kier alpha value is -0.720. The van der Waals surface area contributed by atoms with E-state index in [1.165, 1.54) is 44.4 Å². The van der Waals surface area contributed by atoms with Gasteiger partial charge in [-0.1, -0.05) is 0 Å². The summed E-state index contributed by atoms with van der Waals surface area (Å²) in [4.78, 5) is 1.65. The minimum Gasteiger partial charge on any atom is -0.370 e. The molecule has 0 aromatic heterocycles. The summed E-state index contributed by atoms with van der Waals surface area (Å²) >= 11 is 5.40. The molecule has 5 aliphatic rings. The van der Waals surface area contributed by atoms with Crippen molar-refractivity contribution in [3.8, 4) is 0 Å². The zero-order valence-corrected chi connectivity index (χ0v) is 15.4. The van der Waals surface area contributed by atoms with Crippen LogP contribution in [0.15, 0.2) is 5.10 Å². The van der Waals surface area contributed by atoms with Crippen molar-refractivity contribution in [1.82, 2.24) is 10.7 Å². The summed E-state index contributed by atoms with van der Waals surface area (Å²) in [5, 5.41) is 8.73. The smallest absolute Gasteiger partial charge is 0.186 e. The minimum atomic E-state index is 0.688. The first-order valence-corrected chi connectivity index (χ1v) is 10.2. The number of hydrogen-bond acceptors (Lipinski definition) is 3. The van der Waals surface area contributed by atoms with E-state index in [1.807, 2.05) is 0 Å². The largest absolute Gasteiger partial charge is 0.370 e. The summed E-state index contributed by atoms with van der Waals surface area (Å²) in [7, 11) is 0. The summed E-state index contributed by atoms with van der Waals surface area (Å²) in [6.45, 7) is 6.22. The fourth-order valence-corrected chi connectivity index (χ4v) is 5.60. The van der Waals surface area contributed by atoms with Gasteiger partial charge in [0.1, 0.15) is 13.1 Å². The molecule has 1 heterocycles. The Morgan fingerprint density at radius 2 is 1.75 bits per heavy atom. The molecule has 5 rings (SSSR count). The monoisotopic (exact) mass is 351 g/mol. The van der Waals surface area contributed by atoms with Gasteiger partial charge in [-0.3, -0.25) is 5.43 Å². The number of nitrogens with one attached hydrogen (secondary N) is 3. The molecule has 0 unspecified atom stereocenters. The van der Waals surface area contributed by atoms with E-state index in [9.17, 15) is 0 Å². The molecule has 4 bridgehead atoms. The third kappa shape index (κ3) is 3.92. The highest BCUT2D eigenvalue weighted by Gasteiger charge is 2.46. The highest BCUT2D eigenvalue weighted by molar-refractivity contribution is 7.80. The number of quaternary nitrogens is 1. The van der Waals surface area contributed by atoms with Gasteiger partial charge in [-0.2, -0.15) is 5.10 Å². The molecular formula is C18H31N4OS+. The van der Waals surface area contributed by atoms with Gasteiger partial charge in [-0.25, -0.2) is 0 Å². The molecule has 0 aromatic carbocycles. The van der Waals surface area contributed by atoms with Crippen molar-refractivity contribution >= 4 is 23.0 Å². The Morgan fingerprint density at radius 3 is 2.42 bits per heavy atom. The number of ether oxygens (including phenoxy) is 1. The normalized spacial score (nSPS) is 35.1. The van der Waals surface area contributed by atoms with Gasteiger partial charge in [-0.05, 0) is 68.0 Å². The summed E-state index contributed by atoms with van der Waals surface area (Å²) < 4.78 is 5.39. The van der Waals surface area contributed by atoms with E-state index in [4.69, 9.17) is 22.1 Å². The highest BCUT2D eigenvalue weighted by Crippen LogP contribution is 2.52. The summed E-state index contributed by atoms with van der Waals surface area (Å²) in [5.41, 5.74) is 4.55.